The molecule has 0 amide bonds. The molecule has 0 saturated carbocycles. The minimum atomic E-state index is -0.699. The molecule has 1 aromatic rings. The van der Waals surface area contributed by atoms with Crippen molar-refractivity contribution in [1.29, 1.82) is 0 Å². The molecule has 1 aromatic carbocycles. The molecule has 1 aliphatic rings. The number of ether oxygens (including phenoxy) is 1. The number of anilines is 1. The zero-order chi connectivity index (χ0) is 22.4. The number of hydrogen-bond acceptors (Lipinski definition) is 6. The molecule has 0 spiro atoms. The van der Waals surface area contributed by atoms with Crippen LogP contribution in [0, 0.1) is 0 Å². The highest BCUT2D eigenvalue weighted by molar-refractivity contribution is 6.24. The van der Waals surface area contributed by atoms with E-state index < -0.39 is 5.97 Å². The number of halogens is 2. The summed E-state index contributed by atoms with van der Waals surface area (Å²) >= 11 is 11.6. The van der Waals surface area contributed by atoms with E-state index in [1.165, 1.54) is 12.1 Å². The van der Waals surface area contributed by atoms with Crippen LogP contribution in [0.25, 0.3) is 0 Å². The number of rotatable bonds is 9. The van der Waals surface area contributed by atoms with Gasteiger partial charge in [-0.05, 0) is 39.0 Å². The maximum Gasteiger partial charge on any atom is 0.338 e. The van der Waals surface area contributed by atoms with E-state index in [1.54, 1.807) is 26.8 Å². The van der Waals surface area contributed by atoms with Crippen LogP contribution in [0.5, 0.6) is 0 Å². The van der Waals surface area contributed by atoms with Crippen molar-refractivity contribution in [1.82, 2.24) is 0 Å². The summed E-state index contributed by atoms with van der Waals surface area (Å²) in [6, 6.07) is 4.59. The second-order valence-electron chi connectivity index (χ2n) is 6.84. The third-order valence-corrected chi connectivity index (χ3v) is 5.44. The molecular weight excluding hydrogens is 429 g/mol. The Kier molecular flexibility index (Phi) is 8.38. The standard InChI is InChI=1S/C22H23Cl2NO5/c1-13-14(2)21(28)18(15(3)20(13)27)12-30-22(29)16-4-5-19(17(10-16)11-26)25(8-6-23)9-7-24/h4-5,10-11H,6-9,12H2,1-3H3. The molecule has 0 heterocycles. The smallest absolute Gasteiger partial charge is 0.338 e. The average molecular weight is 452 g/mol. The Hall–Kier alpha value is -2.44. The van der Waals surface area contributed by atoms with Gasteiger partial charge >= 0.3 is 5.97 Å². The number of allylic oxidation sites excluding steroid dienone is 3. The van der Waals surface area contributed by atoms with Gasteiger partial charge in [-0.25, -0.2) is 4.79 Å². The van der Waals surface area contributed by atoms with Crippen molar-refractivity contribution >= 4 is 52.7 Å². The first-order chi connectivity index (χ1) is 14.3. The lowest BCUT2D eigenvalue weighted by atomic mass is 9.86. The molecule has 0 N–H and O–H groups in total. The van der Waals surface area contributed by atoms with Gasteiger partial charge in [0.1, 0.15) is 6.61 Å². The molecule has 0 radical (unpaired) electrons. The number of benzene rings is 1. The lowest BCUT2D eigenvalue weighted by Gasteiger charge is -2.24. The van der Waals surface area contributed by atoms with Crippen LogP contribution in [0.15, 0.2) is 40.5 Å². The summed E-state index contributed by atoms with van der Waals surface area (Å²) in [5.41, 5.74) is 2.27. The maximum absolute atomic E-state index is 12.5. The monoisotopic (exact) mass is 451 g/mol. The quantitative estimate of drug-likeness (QED) is 0.246. The number of carbonyl (C=O) groups excluding carboxylic acids is 4. The molecule has 0 fully saturated rings. The minimum absolute atomic E-state index is 0.161. The Morgan fingerprint density at radius 1 is 1.00 bits per heavy atom. The van der Waals surface area contributed by atoms with Crippen molar-refractivity contribution in [3.63, 3.8) is 0 Å². The van der Waals surface area contributed by atoms with Gasteiger partial charge in [-0.2, -0.15) is 0 Å². The molecule has 0 atom stereocenters. The Morgan fingerprint density at radius 2 is 1.60 bits per heavy atom. The van der Waals surface area contributed by atoms with Crippen LogP contribution < -0.4 is 4.90 Å². The van der Waals surface area contributed by atoms with Crippen LogP contribution >= 0.6 is 23.2 Å². The fourth-order valence-electron chi connectivity index (χ4n) is 3.17. The van der Waals surface area contributed by atoms with E-state index in [0.29, 0.717) is 53.5 Å². The predicted octanol–water partition coefficient (Wildman–Crippen LogP) is 3.74. The van der Waals surface area contributed by atoms with Gasteiger partial charge in [-0.1, -0.05) is 0 Å². The molecule has 0 unspecified atom stereocenters. The largest absolute Gasteiger partial charge is 0.457 e. The van der Waals surface area contributed by atoms with Crippen LogP contribution in [-0.2, 0) is 14.3 Å². The Labute approximate surface area is 185 Å². The summed E-state index contributed by atoms with van der Waals surface area (Å²) in [6.45, 7) is 5.39. The molecule has 0 bridgehead atoms. The van der Waals surface area contributed by atoms with Gasteiger partial charge in [0.2, 0.25) is 0 Å². The number of ketones is 2. The van der Waals surface area contributed by atoms with Crippen molar-refractivity contribution < 1.29 is 23.9 Å². The molecule has 0 aliphatic heterocycles. The third-order valence-electron chi connectivity index (χ3n) is 5.10. The van der Waals surface area contributed by atoms with Gasteiger partial charge in [-0.15, -0.1) is 23.2 Å². The zero-order valence-corrected chi connectivity index (χ0v) is 18.6. The number of hydrogen-bond donors (Lipinski definition) is 0. The van der Waals surface area contributed by atoms with Gasteiger partial charge in [0, 0.05) is 58.4 Å². The van der Waals surface area contributed by atoms with Crippen LogP contribution in [0.2, 0.25) is 0 Å². The van der Waals surface area contributed by atoms with Crippen molar-refractivity contribution in [2.24, 2.45) is 0 Å². The van der Waals surface area contributed by atoms with Crippen molar-refractivity contribution in [2.45, 2.75) is 20.8 Å². The summed E-state index contributed by atoms with van der Waals surface area (Å²) in [5, 5.41) is 0. The number of esters is 1. The summed E-state index contributed by atoms with van der Waals surface area (Å²) in [4.78, 5) is 50.6. The van der Waals surface area contributed by atoms with Crippen LogP contribution in [-0.4, -0.2) is 55.3 Å². The fraction of sp³-hybridized carbons (Fsp3) is 0.364. The normalized spacial score (nSPS) is 14.3. The third kappa shape index (κ3) is 4.99. The van der Waals surface area contributed by atoms with E-state index in [2.05, 4.69) is 0 Å². The van der Waals surface area contributed by atoms with Crippen LogP contribution in [0.1, 0.15) is 41.5 Å². The van der Waals surface area contributed by atoms with Gasteiger partial charge in [0.25, 0.3) is 0 Å². The molecule has 30 heavy (non-hydrogen) atoms. The van der Waals surface area contributed by atoms with Crippen LogP contribution in [0.4, 0.5) is 5.69 Å². The van der Waals surface area contributed by atoms with Gasteiger partial charge < -0.3 is 9.64 Å². The minimum Gasteiger partial charge on any atom is -0.457 e. The first-order valence-electron chi connectivity index (χ1n) is 9.36. The van der Waals surface area contributed by atoms with Crippen molar-refractivity contribution in [2.75, 3.05) is 36.4 Å². The summed E-state index contributed by atoms with van der Waals surface area (Å²) in [7, 11) is 0. The fourth-order valence-corrected chi connectivity index (χ4v) is 3.58. The van der Waals surface area contributed by atoms with Crippen molar-refractivity contribution in [3.05, 3.63) is 51.6 Å². The van der Waals surface area contributed by atoms with Gasteiger partial charge in [-0.3, -0.25) is 14.4 Å². The Balaban J connectivity index is 2.21. The number of alkyl halides is 2. The maximum atomic E-state index is 12.5. The summed E-state index contributed by atoms with van der Waals surface area (Å²) in [6.07, 6.45) is 0.647. The summed E-state index contributed by atoms with van der Waals surface area (Å²) < 4.78 is 5.27. The lowest BCUT2D eigenvalue weighted by Crippen LogP contribution is -2.28. The lowest BCUT2D eigenvalue weighted by molar-refractivity contribution is -0.116. The molecule has 0 saturated heterocycles. The van der Waals surface area contributed by atoms with Gasteiger partial charge in [0.05, 0.1) is 5.56 Å². The Bertz CT molecular complexity index is 943. The van der Waals surface area contributed by atoms with E-state index >= 15 is 0 Å². The molecule has 160 valence electrons. The van der Waals surface area contributed by atoms with E-state index in [9.17, 15) is 19.2 Å². The molecule has 2 rings (SSSR count). The highest BCUT2D eigenvalue weighted by Crippen LogP contribution is 2.25. The van der Waals surface area contributed by atoms with Crippen molar-refractivity contribution in [3.8, 4) is 0 Å². The summed E-state index contributed by atoms with van der Waals surface area (Å²) in [5.74, 6) is -0.528. The first-order valence-corrected chi connectivity index (χ1v) is 10.4. The molecule has 0 aromatic heterocycles. The number of Topliss-reactive ketones (excluding diaryl/α,β-unsaturated/α-hetero) is 2. The predicted molar refractivity (Wildman–Crippen MR) is 117 cm³/mol. The average Bonchev–Trinajstić information content (AvgIpc) is 2.75. The number of nitrogens with zero attached hydrogens (tertiary/aromatic N) is 1. The van der Waals surface area contributed by atoms with E-state index in [0.717, 1.165) is 0 Å². The van der Waals surface area contributed by atoms with E-state index in [1.807, 2.05) is 4.90 Å². The number of carbonyl (C=O) groups is 4. The SMILES string of the molecule is CC1=C(C)C(=O)C(COC(=O)c2ccc(N(CCCl)CCCl)c(C=O)c2)=C(C)C1=O. The second-order valence-corrected chi connectivity index (χ2v) is 7.60. The van der Waals surface area contributed by atoms with E-state index in [4.69, 9.17) is 27.9 Å². The van der Waals surface area contributed by atoms with Gasteiger partial charge in [0.15, 0.2) is 17.9 Å². The topological polar surface area (TPSA) is 80.8 Å². The first kappa shape index (κ1) is 23.8. The molecule has 8 heteroatoms. The molecular formula is C22H23Cl2NO5. The van der Waals surface area contributed by atoms with E-state index in [-0.39, 0.29) is 34.9 Å². The second kappa shape index (κ2) is 10.5. The highest BCUT2D eigenvalue weighted by atomic mass is 35.5. The zero-order valence-electron chi connectivity index (χ0n) is 17.1. The van der Waals surface area contributed by atoms with Crippen LogP contribution in [0.3, 0.4) is 0 Å². The number of aldehydes is 1. The molecule has 1 aliphatic carbocycles. The highest BCUT2D eigenvalue weighted by Gasteiger charge is 2.28. The molecule has 6 nitrogen and oxygen atoms in total. The Morgan fingerprint density at radius 3 is 2.17 bits per heavy atom.